The van der Waals surface area contributed by atoms with Gasteiger partial charge in [-0.2, -0.15) is 14.0 Å². The van der Waals surface area contributed by atoms with Crippen LogP contribution in [0.1, 0.15) is 35.7 Å². The number of aryl methyl sites for hydroxylation is 1. The van der Waals surface area contributed by atoms with Gasteiger partial charge in [-0.05, 0) is 61.1 Å². The molecule has 0 unspecified atom stereocenters. The van der Waals surface area contributed by atoms with Gasteiger partial charge >= 0.3 is 13.6 Å². The predicted molar refractivity (Wildman–Crippen MR) is 111 cm³/mol. The van der Waals surface area contributed by atoms with Crippen LogP contribution in [0, 0.1) is 11.3 Å². The topological polar surface area (TPSA) is 91.6 Å². The molecule has 2 aromatic rings. The van der Waals surface area contributed by atoms with Crippen LogP contribution in [0.3, 0.4) is 0 Å². The molecule has 161 valence electrons. The second-order valence-corrected chi connectivity index (χ2v) is 7.76. The largest absolute Gasteiger partial charge is 0.488 e. The van der Waals surface area contributed by atoms with Gasteiger partial charge in [-0.15, -0.1) is 0 Å². The molecule has 2 aromatic carbocycles. The minimum absolute atomic E-state index is 0.0668. The van der Waals surface area contributed by atoms with Crippen molar-refractivity contribution in [1.82, 2.24) is 5.32 Å². The minimum Gasteiger partial charge on any atom is -0.488 e. The molecule has 6 nitrogen and oxygen atoms in total. The van der Waals surface area contributed by atoms with Crippen molar-refractivity contribution < 1.29 is 28.1 Å². The number of halogens is 3. The van der Waals surface area contributed by atoms with Crippen molar-refractivity contribution in [3.8, 4) is 17.6 Å². The Kier molecular flexibility index (Phi) is 6.72. The zero-order valence-corrected chi connectivity index (χ0v) is 17.4. The van der Waals surface area contributed by atoms with Crippen molar-refractivity contribution in [2.24, 2.45) is 0 Å². The number of rotatable bonds is 1. The van der Waals surface area contributed by atoms with E-state index >= 15 is 0 Å². The quantitative estimate of drug-likeness (QED) is 0.656. The van der Waals surface area contributed by atoms with Crippen molar-refractivity contribution in [2.75, 3.05) is 6.61 Å². The first kappa shape index (κ1) is 22.9. The highest BCUT2D eigenvalue weighted by Gasteiger charge is 2.32. The number of alkyl halides is 2. The van der Waals surface area contributed by atoms with Gasteiger partial charge in [0.05, 0.1) is 17.5 Å². The zero-order chi connectivity index (χ0) is 22.6. The molecule has 4 aliphatic heterocycles. The van der Waals surface area contributed by atoms with E-state index in [0.29, 0.717) is 5.56 Å². The normalized spacial score (nSPS) is 21.1. The number of amides is 1. The summed E-state index contributed by atoms with van der Waals surface area (Å²) in [6.45, 7) is 1.26. The van der Waals surface area contributed by atoms with Crippen molar-refractivity contribution in [1.29, 1.82) is 5.26 Å². The second kappa shape index (κ2) is 9.12. The van der Waals surface area contributed by atoms with E-state index in [2.05, 4.69) is 5.32 Å². The van der Waals surface area contributed by atoms with Crippen LogP contribution in [0.15, 0.2) is 36.4 Å². The molecule has 10 heteroatoms. The van der Waals surface area contributed by atoms with Crippen LogP contribution in [0.25, 0.3) is 0 Å². The van der Waals surface area contributed by atoms with Crippen molar-refractivity contribution in [2.45, 2.75) is 37.8 Å². The predicted octanol–water partition coefficient (Wildman–Crippen LogP) is 2.98. The van der Waals surface area contributed by atoms with Gasteiger partial charge in [0, 0.05) is 5.56 Å². The first-order valence-corrected chi connectivity index (χ1v) is 9.86. The fraction of sp³-hybridized carbons (Fsp3) is 0.333. The third kappa shape index (κ3) is 5.46. The number of nitriles is 1. The Bertz CT molecular complexity index is 1010. The molecule has 31 heavy (non-hydrogen) atoms. The molecule has 0 saturated carbocycles. The molecular weight excluding hydrogens is 429 g/mol. The van der Waals surface area contributed by atoms with Gasteiger partial charge in [0.2, 0.25) is 0 Å². The molecular formula is C21H19BClF2N2O4. The Labute approximate surface area is 184 Å². The van der Waals surface area contributed by atoms with E-state index in [0.717, 1.165) is 7.48 Å². The average molecular weight is 448 g/mol. The van der Waals surface area contributed by atoms with Gasteiger partial charge in [-0.25, -0.2) is 0 Å². The highest BCUT2D eigenvalue weighted by atomic mass is 35.5. The summed E-state index contributed by atoms with van der Waals surface area (Å²) in [5.41, 5.74) is -0.451. The summed E-state index contributed by atoms with van der Waals surface area (Å²) >= 11 is 6.31. The Morgan fingerprint density at radius 1 is 1.26 bits per heavy atom. The summed E-state index contributed by atoms with van der Waals surface area (Å²) in [7, 11) is 0.782. The molecule has 4 heterocycles. The molecule has 1 atom stereocenters. The number of nitrogens with zero attached hydrogens (tertiary/aromatic N) is 1. The number of ether oxygens (including phenoxy) is 2. The van der Waals surface area contributed by atoms with E-state index in [1.807, 2.05) is 6.07 Å². The van der Waals surface area contributed by atoms with Gasteiger partial charge in [0.1, 0.15) is 18.1 Å². The first-order chi connectivity index (χ1) is 14.7. The van der Waals surface area contributed by atoms with Crippen LogP contribution in [0.2, 0.25) is 5.02 Å². The number of carbonyl (C=O) groups is 1. The van der Waals surface area contributed by atoms with Gasteiger partial charge in [-0.1, -0.05) is 17.7 Å². The standard InChI is InChI=1S/C21H19BClF2N2O4/c1-20(11-26)12-30-16-9-6-13(17(22-29)18(16)23)3-2-10-21(24,25)31-15-7-4-14(5-8-15)19(28)27-20/h4-9,29H,2-3,10,12H2,1H3,(H,27,28)/t20-/m0/s1. The van der Waals surface area contributed by atoms with Crippen molar-refractivity contribution >= 4 is 30.5 Å². The van der Waals surface area contributed by atoms with E-state index in [-0.39, 0.29) is 47.0 Å². The molecule has 4 aliphatic rings. The summed E-state index contributed by atoms with van der Waals surface area (Å²) in [5.74, 6) is -0.496. The highest BCUT2D eigenvalue weighted by molar-refractivity contribution is 6.53. The van der Waals surface area contributed by atoms with Crippen LogP contribution < -0.4 is 20.3 Å². The van der Waals surface area contributed by atoms with Gasteiger partial charge in [0.25, 0.3) is 5.91 Å². The lowest BCUT2D eigenvalue weighted by atomic mass is 9.82. The highest BCUT2D eigenvalue weighted by Crippen LogP contribution is 2.29. The van der Waals surface area contributed by atoms with Gasteiger partial charge < -0.3 is 19.8 Å². The second-order valence-electron chi connectivity index (χ2n) is 7.38. The van der Waals surface area contributed by atoms with Crippen LogP contribution in [-0.2, 0) is 6.42 Å². The number of benzene rings is 2. The smallest absolute Gasteiger partial charge is 0.397 e. The maximum Gasteiger partial charge on any atom is 0.397 e. The maximum absolute atomic E-state index is 14.2. The third-order valence-electron chi connectivity index (χ3n) is 4.81. The molecule has 0 spiro atoms. The molecule has 0 fully saturated rings. The summed E-state index contributed by atoms with van der Waals surface area (Å²) in [6.07, 6.45) is -3.70. The number of carbonyl (C=O) groups excluding carboxylic acids is 1. The Morgan fingerprint density at radius 2 is 1.97 bits per heavy atom. The van der Waals surface area contributed by atoms with E-state index in [9.17, 15) is 23.9 Å². The molecule has 0 aromatic heterocycles. The van der Waals surface area contributed by atoms with E-state index in [1.165, 1.54) is 37.3 Å². The van der Waals surface area contributed by atoms with Gasteiger partial charge in [-0.3, -0.25) is 4.79 Å². The minimum atomic E-state index is -3.43. The number of nitrogens with one attached hydrogen (secondary N) is 1. The summed E-state index contributed by atoms with van der Waals surface area (Å²) in [4.78, 5) is 12.5. The number of hydrogen-bond acceptors (Lipinski definition) is 5. The van der Waals surface area contributed by atoms with E-state index in [1.54, 1.807) is 6.07 Å². The molecule has 6 rings (SSSR count). The van der Waals surface area contributed by atoms with Crippen LogP contribution in [0.5, 0.6) is 11.5 Å². The zero-order valence-electron chi connectivity index (χ0n) is 16.6. The first-order valence-electron chi connectivity index (χ1n) is 9.49. The average Bonchev–Trinajstić information content (AvgIpc) is 2.72. The van der Waals surface area contributed by atoms with Crippen molar-refractivity contribution in [3.63, 3.8) is 0 Å². The molecule has 0 aliphatic carbocycles. The monoisotopic (exact) mass is 447 g/mol. The number of hydrogen-bond donors (Lipinski definition) is 2. The fourth-order valence-corrected chi connectivity index (χ4v) is 3.39. The van der Waals surface area contributed by atoms with Gasteiger partial charge in [0.15, 0.2) is 5.54 Å². The van der Waals surface area contributed by atoms with E-state index < -0.39 is 24.0 Å². The van der Waals surface area contributed by atoms with E-state index in [4.69, 9.17) is 21.1 Å². The molecule has 1 radical (unpaired) electrons. The van der Waals surface area contributed by atoms with Crippen LogP contribution >= 0.6 is 11.6 Å². The molecule has 4 bridgehead atoms. The molecule has 2 N–H and O–H groups in total. The molecule has 0 saturated heterocycles. The lowest BCUT2D eigenvalue weighted by Gasteiger charge is -2.25. The SMILES string of the molecule is C[C@]1(C#N)COc2ccc(c([B]O)c2Cl)CCCC(F)(F)Oc2ccc(cc2)C(=O)N1. The maximum atomic E-state index is 14.2. The lowest BCUT2D eigenvalue weighted by Crippen LogP contribution is -2.49. The Morgan fingerprint density at radius 3 is 2.61 bits per heavy atom. The Balaban J connectivity index is 1.97. The molecule has 1 amide bonds. The Hall–Kier alpha value is -2.83. The summed E-state index contributed by atoms with van der Waals surface area (Å²) < 4.78 is 38.9. The lowest BCUT2D eigenvalue weighted by molar-refractivity contribution is -0.181. The summed E-state index contributed by atoms with van der Waals surface area (Å²) in [6, 6.07) is 10.3. The van der Waals surface area contributed by atoms with Crippen molar-refractivity contribution in [3.05, 3.63) is 52.5 Å². The van der Waals surface area contributed by atoms with Crippen LogP contribution in [-0.4, -0.2) is 36.7 Å². The summed E-state index contributed by atoms with van der Waals surface area (Å²) in [5, 5.41) is 21.8. The fourth-order valence-electron chi connectivity index (χ4n) is 3.11. The third-order valence-corrected chi connectivity index (χ3v) is 5.20. The van der Waals surface area contributed by atoms with Crippen LogP contribution in [0.4, 0.5) is 8.78 Å².